The van der Waals surface area contributed by atoms with E-state index in [1.807, 2.05) is 30.3 Å². The Bertz CT molecular complexity index is 1290. The fraction of sp³-hybridized carbons (Fsp3) is 0.355. The van der Waals surface area contributed by atoms with Crippen LogP contribution >= 0.6 is 0 Å². The molecule has 0 atom stereocenters. The third-order valence-electron chi connectivity index (χ3n) is 6.19. The van der Waals surface area contributed by atoms with Crippen molar-refractivity contribution < 1.29 is 9.47 Å². The Hall–Kier alpha value is -3.40. The van der Waals surface area contributed by atoms with Crippen LogP contribution in [0.25, 0.3) is 22.2 Å². The molecule has 0 aliphatic carbocycles. The highest BCUT2D eigenvalue weighted by Gasteiger charge is 2.18. The highest BCUT2D eigenvalue weighted by molar-refractivity contribution is 5.92. The monoisotopic (exact) mass is 468 g/mol. The molecule has 0 aliphatic heterocycles. The van der Waals surface area contributed by atoms with Gasteiger partial charge in [0, 0.05) is 17.8 Å². The molecule has 0 saturated heterocycles. The van der Waals surface area contributed by atoms with E-state index in [0.717, 1.165) is 39.9 Å². The summed E-state index contributed by atoms with van der Waals surface area (Å²) >= 11 is 0. The maximum Gasteiger partial charge on any atom is 0.226 e. The Morgan fingerprint density at radius 2 is 1.69 bits per heavy atom. The fourth-order valence-corrected chi connectivity index (χ4v) is 4.02. The minimum Gasteiger partial charge on any atom is -0.488 e. The van der Waals surface area contributed by atoms with Crippen LogP contribution in [-0.4, -0.2) is 16.6 Å². The number of rotatable bonds is 8. The average Bonchev–Trinajstić information content (AvgIpc) is 2.82. The standard InChI is InChI=1S/C31H36N2O2/c1-21(2)15-17-34-30-29-26(14-16-32-30)33-27(19-28(29)35-20-23-10-8-7-9-11-23)25-13-12-24(18-22(25)3)31(4,5)6/h7-14,16,18-19,21H,15,17,20H2,1-6H3. The van der Waals surface area contributed by atoms with Gasteiger partial charge in [-0.3, -0.25) is 0 Å². The second kappa shape index (κ2) is 10.5. The summed E-state index contributed by atoms with van der Waals surface area (Å²) in [6.07, 6.45) is 2.73. The lowest BCUT2D eigenvalue weighted by molar-refractivity contribution is 0.279. The third-order valence-corrected chi connectivity index (χ3v) is 6.19. The van der Waals surface area contributed by atoms with Crippen LogP contribution in [0.2, 0.25) is 0 Å². The number of hydrogen-bond acceptors (Lipinski definition) is 4. The SMILES string of the molecule is Cc1cc(C(C)(C)C)ccc1-c1cc(OCc2ccccc2)c2c(OCCC(C)C)nccc2n1. The first kappa shape index (κ1) is 24.7. The topological polar surface area (TPSA) is 44.2 Å². The zero-order valence-electron chi connectivity index (χ0n) is 21.8. The van der Waals surface area contributed by atoms with Gasteiger partial charge in [-0.25, -0.2) is 9.97 Å². The Kier molecular flexibility index (Phi) is 7.39. The van der Waals surface area contributed by atoms with Crippen LogP contribution in [0.5, 0.6) is 11.6 Å². The molecule has 4 rings (SSSR count). The van der Waals surface area contributed by atoms with E-state index < -0.39 is 0 Å². The molecule has 2 heterocycles. The Labute approximate surface area is 209 Å². The molecule has 0 bridgehead atoms. The van der Waals surface area contributed by atoms with Crippen LogP contribution in [0.4, 0.5) is 0 Å². The molecule has 4 nitrogen and oxygen atoms in total. The molecular formula is C31H36N2O2. The Morgan fingerprint density at radius 3 is 2.37 bits per heavy atom. The number of nitrogens with zero attached hydrogens (tertiary/aromatic N) is 2. The molecule has 4 aromatic rings. The molecule has 0 amide bonds. The van der Waals surface area contributed by atoms with E-state index in [2.05, 4.69) is 76.9 Å². The molecule has 0 spiro atoms. The van der Waals surface area contributed by atoms with Gasteiger partial charge in [0.25, 0.3) is 0 Å². The first-order valence-corrected chi connectivity index (χ1v) is 12.4. The molecule has 0 radical (unpaired) electrons. The summed E-state index contributed by atoms with van der Waals surface area (Å²) < 4.78 is 12.5. The maximum atomic E-state index is 6.39. The minimum absolute atomic E-state index is 0.0952. The van der Waals surface area contributed by atoms with Crippen molar-refractivity contribution in [1.82, 2.24) is 9.97 Å². The molecule has 2 aromatic heterocycles. The summed E-state index contributed by atoms with van der Waals surface area (Å²) in [5, 5.41) is 0.819. The molecule has 0 saturated carbocycles. The lowest BCUT2D eigenvalue weighted by Gasteiger charge is -2.21. The third kappa shape index (κ3) is 6.00. The predicted octanol–water partition coefficient (Wildman–Crippen LogP) is 7.91. The lowest BCUT2D eigenvalue weighted by atomic mass is 9.85. The second-order valence-electron chi connectivity index (χ2n) is 10.6. The van der Waals surface area contributed by atoms with Crippen LogP contribution < -0.4 is 9.47 Å². The minimum atomic E-state index is 0.0952. The quantitative estimate of drug-likeness (QED) is 0.263. The van der Waals surface area contributed by atoms with Crippen molar-refractivity contribution in [2.45, 2.75) is 60.0 Å². The van der Waals surface area contributed by atoms with Gasteiger partial charge in [-0.2, -0.15) is 0 Å². The first-order valence-electron chi connectivity index (χ1n) is 12.4. The zero-order valence-corrected chi connectivity index (χ0v) is 21.8. The fourth-order valence-electron chi connectivity index (χ4n) is 4.02. The highest BCUT2D eigenvalue weighted by Crippen LogP contribution is 2.37. The van der Waals surface area contributed by atoms with Gasteiger partial charge in [0.15, 0.2) is 0 Å². The summed E-state index contributed by atoms with van der Waals surface area (Å²) in [6.45, 7) is 14.3. The molecule has 0 unspecified atom stereocenters. The molecule has 0 N–H and O–H groups in total. The van der Waals surface area contributed by atoms with Crippen molar-refractivity contribution >= 4 is 10.9 Å². The zero-order chi connectivity index (χ0) is 25.0. The molecule has 4 heteroatoms. The van der Waals surface area contributed by atoms with E-state index in [9.17, 15) is 0 Å². The van der Waals surface area contributed by atoms with Crippen molar-refractivity contribution in [3.05, 3.63) is 83.6 Å². The van der Waals surface area contributed by atoms with E-state index in [0.29, 0.717) is 25.0 Å². The van der Waals surface area contributed by atoms with Gasteiger partial charge in [0.05, 0.1) is 17.8 Å². The van der Waals surface area contributed by atoms with Crippen molar-refractivity contribution in [3.8, 4) is 22.9 Å². The van der Waals surface area contributed by atoms with E-state index >= 15 is 0 Å². The average molecular weight is 469 g/mol. The number of hydrogen-bond donors (Lipinski definition) is 0. The summed E-state index contributed by atoms with van der Waals surface area (Å²) in [5.41, 5.74) is 6.51. The molecule has 0 fully saturated rings. The van der Waals surface area contributed by atoms with Crippen molar-refractivity contribution in [3.63, 3.8) is 0 Å². The van der Waals surface area contributed by atoms with Crippen molar-refractivity contribution in [2.75, 3.05) is 6.61 Å². The Morgan fingerprint density at radius 1 is 0.914 bits per heavy atom. The number of fused-ring (bicyclic) bond motifs is 1. The number of pyridine rings is 2. The summed E-state index contributed by atoms with van der Waals surface area (Å²) in [5.74, 6) is 1.87. The van der Waals surface area contributed by atoms with Crippen LogP contribution in [0.1, 0.15) is 57.7 Å². The molecule has 0 aliphatic rings. The number of ether oxygens (including phenoxy) is 2. The van der Waals surface area contributed by atoms with E-state index in [4.69, 9.17) is 14.5 Å². The van der Waals surface area contributed by atoms with E-state index in [1.54, 1.807) is 6.20 Å². The van der Waals surface area contributed by atoms with Gasteiger partial charge in [-0.05, 0) is 47.4 Å². The molecule has 182 valence electrons. The van der Waals surface area contributed by atoms with Gasteiger partial charge < -0.3 is 9.47 Å². The summed E-state index contributed by atoms with van der Waals surface area (Å²) in [7, 11) is 0. The highest BCUT2D eigenvalue weighted by atomic mass is 16.5. The first-order chi connectivity index (χ1) is 16.7. The Balaban J connectivity index is 1.78. The van der Waals surface area contributed by atoms with E-state index in [1.165, 1.54) is 11.1 Å². The van der Waals surface area contributed by atoms with E-state index in [-0.39, 0.29) is 5.41 Å². The normalized spacial score (nSPS) is 11.7. The van der Waals surface area contributed by atoms with Crippen LogP contribution in [-0.2, 0) is 12.0 Å². The number of benzene rings is 2. The van der Waals surface area contributed by atoms with Crippen LogP contribution in [0.3, 0.4) is 0 Å². The predicted molar refractivity (Wildman–Crippen MR) is 144 cm³/mol. The maximum absolute atomic E-state index is 6.39. The molecular weight excluding hydrogens is 432 g/mol. The largest absolute Gasteiger partial charge is 0.488 e. The lowest BCUT2D eigenvalue weighted by Crippen LogP contribution is -2.11. The second-order valence-corrected chi connectivity index (χ2v) is 10.6. The number of aryl methyl sites for hydroxylation is 1. The van der Waals surface area contributed by atoms with Gasteiger partial charge in [-0.15, -0.1) is 0 Å². The van der Waals surface area contributed by atoms with Crippen molar-refractivity contribution in [2.24, 2.45) is 5.92 Å². The molecule has 35 heavy (non-hydrogen) atoms. The van der Waals surface area contributed by atoms with Gasteiger partial charge in [0.1, 0.15) is 17.7 Å². The van der Waals surface area contributed by atoms with Crippen molar-refractivity contribution in [1.29, 1.82) is 0 Å². The van der Waals surface area contributed by atoms with Crippen LogP contribution in [0.15, 0.2) is 66.9 Å². The van der Waals surface area contributed by atoms with Gasteiger partial charge in [-0.1, -0.05) is 83.1 Å². The molecule has 2 aromatic carbocycles. The van der Waals surface area contributed by atoms with Gasteiger partial charge >= 0.3 is 0 Å². The number of aromatic nitrogens is 2. The van der Waals surface area contributed by atoms with Crippen LogP contribution in [0, 0.1) is 12.8 Å². The van der Waals surface area contributed by atoms with Gasteiger partial charge in [0.2, 0.25) is 5.88 Å². The summed E-state index contributed by atoms with van der Waals surface area (Å²) in [4.78, 5) is 9.55. The summed E-state index contributed by atoms with van der Waals surface area (Å²) in [6, 6.07) is 20.8. The smallest absolute Gasteiger partial charge is 0.226 e.